The maximum Gasteiger partial charge on any atom is 0.146 e. The number of hydrogen-bond acceptors (Lipinski definition) is 0. The zero-order chi connectivity index (χ0) is 32.1. The number of fused-ring (bicyclic) bond motifs is 6. The van der Waals surface area contributed by atoms with Gasteiger partial charge in [0.2, 0.25) is 0 Å². The van der Waals surface area contributed by atoms with E-state index in [4.69, 9.17) is 0 Å². The van der Waals surface area contributed by atoms with Crippen molar-refractivity contribution in [2.24, 2.45) is 0 Å². The first kappa shape index (κ1) is 32.4. The van der Waals surface area contributed by atoms with Crippen molar-refractivity contribution in [1.82, 2.24) is 0 Å². The first-order valence-corrected chi connectivity index (χ1v) is 21.4. The van der Waals surface area contributed by atoms with Crippen molar-refractivity contribution in [1.29, 1.82) is 0 Å². The summed E-state index contributed by atoms with van der Waals surface area (Å²) < 4.78 is 0. The third-order valence-electron chi connectivity index (χ3n) is 11.2. The Balaban J connectivity index is 1.85. The minimum Gasteiger partial charge on any atom is -0.125 e. The van der Waals surface area contributed by atoms with E-state index >= 15 is 0 Å². The van der Waals surface area contributed by atoms with Crippen molar-refractivity contribution in [3.63, 3.8) is 0 Å². The van der Waals surface area contributed by atoms with Crippen LogP contribution < -0.4 is 10.4 Å². The lowest BCUT2D eigenvalue weighted by atomic mass is 10.0. The van der Waals surface area contributed by atoms with Crippen LogP contribution in [0.25, 0.3) is 33.4 Å². The summed E-state index contributed by atoms with van der Waals surface area (Å²) in [4.78, 5) is 0. The van der Waals surface area contributed by atoms with E-state index in [9.17, 15) is 0 Å². The molecular formula is C42H52Si2. The van der Waals surface area contributed by atoms with E-state index in [2.05, 4.69) is 167 Å². The Morgan fingerprint density at radius 1 is 0.386 bits per heavy atom. The van der Waals surface area contributed by atoms with Gasteiger partial charge in [-0.2, -0.15) is 0 Å². The van der Waals surface area contributed by atoms with Crippen LogP contribution in [0, 0.1) is 22.9 Å². The number of hydrogen-bond donors (Lipinski definition) is 0. The van der Waals surface area contributed by atoms with E-state index in [1.807, 2.05) is 0 Å². The molecule has 44 heavy (non-hydrogen) atoms. The highest BCUT2D eigenvalue weighted by Gasteiger charge is 2.43. The zero-order valence-electron chi connectivity index (χ0n) is 29.2. The highest BCUT2D eigenvalue weighted by Crippen LogP contribution is 2.43. The Morgan fingerprint density at radius 2 is 0.659 bits per heavy atom. The van der Waals surface area contributed by atoms with Crippen molar-refractivity contribution in [3.8, 4) is 45.2 Å². The summed E-state index contributed by atoms with van der Waals surface area (Å²) in [6.07, 6.45) is 0. The van der Waals surface area contributed by atoms with Crippen LogP contribution in [0.3, 0.4) is 0 Å². The molecule has 0 bridgehead atoms. The third kappa shape index (κ3) is 4.91. The van der Waals surface area contributed by atoms with Crippen LogP contribution in [0.4, 0.5) is 0 Å². The summed E-state index contributed by atoms with van der Waals surface area (Å²) in [5.41, 5.74) is 21.9. The van der Waals surface area contributed by atoms with Crippen LogP contribution in [0.1, 0.15) is 94.2 Å². The molecule has 0 N–H and O–H groups in total. The largest absolute Gasteiger partial charge is 0.146 e. The molecule has 0 aliphatic heterocycles. The van der Waals surface area contributed by atoms with Gasteiger partial charge in [0.25, 0.3) is 0 Å². The van der Waals surface area contributed by atoms with Gasteiger partial charge in [-0.3, -0.25) is 0 Å². The molecular weight excluding hydrogens is 561 g/mol. The lowest BCUT2D eigenvalue weighted by Gasteiger charge is -2.38. The molecule has 2 aliphatic rings. The Bertz CT molecular complexity index is 1660. The Morgan fingerprint density at radius 3 is 0.932 bits per heavy atom. The van der Waals surface area contributed by atoms with Gasteiger partial charge in [0, 0.05) is 11.1 Å². The summed E-state index contributed by atoms with van der Waals surface area (Å²) >= 11 is 0. The van der Waals surface area contributed by atoms with E-state index in [1.165, 1.54) is 55.0 Å². The molecule has 0 fully saturated rings. The van der Waals surface area contributed by atoms with Crippen molar-refractivity contribution >= 4 is 27.3 Å². The van der Waals surface area contributed by atoms with Crippen LogP contribution in [0.5, 0.6) is 0 Å². The van der Waals surface area contributed by atoms with Crippen molar-refractivity contribution in [2.45, 2.75) is 116 Å². The average molecular weight is 613 g/mol. The quantitative estimate of drug-likeness (QED) is 0.192. The summed E-state index contributed by atoms with van der Waals surface area (Å²) in [5.74, 6) is 7.77. The third-order valence-corrected chi connectivity index (χ3v) is 23.8. The zero-order valence-corrected chi connectivity index (χ0v) is 31.2. The van der Waals surface area contributed by atoms with Crippen LogP contribution in [0.15, 0.2) is 60.7 Å². The van der Waals surface area contributed by atoms with Gasteiger partial charge in [0.05, 0.1) is 0 Å². The Labute approximate surface area is 270 Å². The lowest BCUT2D eigenvalue weighted by molar-refractivity contribution is 0.838. The highest BCUT2D eigenvalue weighted by atomic mass is 28.3. The maximum atomic E-state index is 4.05. The minimum atomic E-state index is -1.88. The Hall–Kier alpha value is -3.05. The van der Waals surface area contributed by atoms with Gasteiger partial charge in [-0.15, -0.1) is 11.1 Å². The molecule has 0 saturated carbocycles. The Kier molecular flexibility index (Phi) is 8.85. The molecule has 2 aliphatic carbocycles. The predicted molar refractivity (Wildman–Crippen MR) is 199 cm³/mol. The molecule has 0 atom stereocenters. The van der Waals surface area contributed by atoms with Gasteiger partial charge >= 0.3 is 0 Å². The van der Waals surface area contributed by atoms with Crippen LogP contribution in [-0.2, 0) is 0 Å². The molecule has 228 valence electrons. The van der Waals surface area contributed by atoms with Crippen molar-refractivity contribution < 1.29 is 0 Å². The topological polar surface area (TPSA) is 0 Å². The first-order chi connectivity index (χ1) is 20.8. The molecule has 0 amide bonds. The average Bonchev–Trinajstić information content (AvgIpc) is 3.43. The molecule has 0 heterocycles. The molecule has 2 heteroatoms. The van der Waals surface area contributed by atoms with Crippen molar-refractivity contribution in [3.05, 3.63) is 82.2 Å². The first-order valence-electron chi connectivity index (χ1n) is 17.0. The van der Waals surface area contributed by atoms with E-state index in [0.29, 0.717) is 33.2 Å². The van der Waals surface area contributed by atoms with Gasteiger partial charge in [-0.05, 0) is 89.2 Å². The normalized spacial score (nSPS) is 13.8. The van der Waals surface area contributed by atoms with Crippen LogP contribution in [0.2, 0.25) is 33.2 Å². The van der Waals surface area contributed by atoms with E-state index < -0.39 is 16.1 Å². The molecule has 0 spiro atoms. The second kappa shape index (κ2) is 12.0. The van der Waals surface area contributed by atoms with Crippen LogP contribution >= 0.6 is 0 Å². The van der Waals surface area contributed by atoms with E-state index in [1.54, 1.807) is 0 Å². The standard InChI is InChI=1S/C42H52Si2/c1-27(2)43(28(3)4,29(5)6)23-21-37-33-17-13-15-19-35(33)39-26-42-38(22-24-44(30(7)8,31(9)10)32(11)12)34-18-14-16-20-36(34)40(42)25-41(37)39/h13-20,25-32H,1-12H3. The molecule has 0 nitrogen and oxygen atoms in total. The number of benzene rings is 3. The molecule has 3 aromatic rings. The van der Waals surface area contributed by atoms with Gasteiger partial charge in [-0.1, -0.05) is 143 Å². The molecule has 5 rings (SSSR count). The molecule has 0 radical (unpaired) electrons. The van der Waals surface area contributed by atoms with E-state index in [-0.39, 0.29) is 0 Å². The minimum absolute atomic E-state index is 0.604. The molecule has 0 saturated heterocycles. The molecule has 0 aromatic heterocycles. The fourth-order valence-corrected chi connectivity index (χ4v) is 19.5. The van der Waals surface area contributed by atoms with Crippen LogP contribution in [-0.4, -0.2) is 16.1 Å². The fourth-order valence-electron chi connectivity index (χ4n) is 9.10. The highest BCUT2D eigenvalue weighted by molar-refractivity contribution is 6.91. The maximum absolute atomic E-state index is 4.05. The summed E-state index contributed by atoms with van der Waals surface area (Å²) in [6, 6.07) is 22.7. The smallest absolute Gasteiger partial charge is 0.125 e. The monoisotopic (exact) mass is 612 g/mol. The second-order valence-corrected chi connectivity index (χ2v) is 26.2. The van der Waals surface area contributed by atoms with Gasteiger partial charge < -0.3 is 0 Å². The summed E-state index contributed by atoms with van der Waals surface area (Å²) in [6.45, 7) is 28.8. The molecule has 0 unspecified atom stereocenters. The number of rotatable bonds is 6. The molecule has 3 aromatic carbocycles. The van der Waals surface area contributed by atoms with Crippen molar-refractivity contribution in [2.75, 3.05) is 0 Å². The van der Waals surface area contributed by atoms with E-state index in [0.717, 1.165) is 0 Å². The fraction of sp³-hybridized carbons (Fsp3) is 0.429. The lowest BCUT2D eigenvalue weighted by Crippen LogP contribution is -2.43. The van der Waals surface area contributed by atoms with Gasteiger partial charge in [0.1, 0.15) is 16.1 Å². The van der Waals surface area contributed by atoms with Gasteiger partial charge in [-0.25, -0.2) is 0 Å². The summed E-state index contributed by atoms with van der Waals surface area (Å²) in [7, 11) is -3.77. The summed E-state index contributed by atoms with van der Waals surface area (Å²) in [5, 5.41) is 2.58. The predicted octanol–water partition coefficient (Wildman–Crippen LogP) is 10.5. The second-order valence-electron chi connectivity index (χ2n) is 15.1. The van der Waals surface area contributed by atoms with Gasteiger partial charge in [0.15, 0.2) is 0 Å². The SMILES string of the molecule is CC(C)[Si](C#CC1=c2cc3c(cc2-c2ccccc21)=C(C#C[Si](C(C)C)(C(C)C)C(C)C)c1ccccc1-3)(C(C)C)C(C)C.